The molecule has 2 rings (SSSR count). The van der Waals surface area contributed by atoms with Gasteiger partial charge in [-0.15, -0.1) is 0 Å². The summed E-state index contributed by atoms with van der Waals surface area (Å²) >= 11 is 0. The molecule has 0 aliphatic rings. The lowest BCUT2D eigenvalue weighted by Gasteiger charge is -2.20. The molecular formula is C20H22FNO5. The number of carbonyl (C=O) groups excluding carboxylic acids is 1. The van der Waals surface area contributed by atoms with Gasteiger partial charge in [-0.2, -0.15) is 0 Å². The molecule has 1 atom stereocenters. The number of halogens is 1. The van der Waals surface area contributed by atoms with Crippen molar-refractivity contribution in [1.29, 1.82) is 0 Å². The first-order chi connectivity index (χ1) is 13.0. The predicted molar refractivity (Wildman–Crippen MR) is 97.8 cm³/mol. The Labute approximate surface area is 156 Å². The van der Waals surface area contributed by atoms with E-state index in [4.69, 9.17) is 14.6 Å². The molecule has 0 aliphatic carbocycles. The summed E-state index contributed by atoms with van der Waals surface area (Å²) in [5.41, 5.74) is 0.663. The number of hydrogen-bond acceptors (Lipinski definition) is 4. The van der Waals surface area contributed by atoms with E-state index in [0.717, 1.165) is 11.6 Å². The molecule has 7 heteroatoms. The molecule has 0 spiro atoms. The van der Waals surface area contributed by atoms with E-state index >= 15 is 0 Å². The predicted octanol–water partition coefficient (Wildman–Crippen LogP) is 3.05. The summed E-state index contributed by atoms with van der Waals surface area (Å²) in [6.07, 6.45) is 0.521. The minimum Gasteiger partial charge on any atom is -0.493 e. The van der Waals surface area contributed by atoms with E-state index in [9.17, 15) is 14.0 Å². The molecule has 1 amide bonds. The maximum atomic E-state index is 14.3. The standard InChI is InChI=1S/C20H22FNO5/c1-26-16-10-9-15(21)18(19(16)27-2)20(25)22-14(8-11-17(23)24)12-13-6-4-3-5-7-13/h3-7,9-10,14H,8,11-12H2,1-2H3,(H,22,25)(H,23,24). The molecule has 144 valence electrons. The van der Waals surface area contributed by atoms with E-state index in [-0.39, 0.29) is 29.9 Å². The molecule has 0 aromatic heterocycles. The lowest BCUT2D eigenvalue weighted by Crippen LogP contribution is -2.37. The van der Waals surface area contributed by atoms with Crippen LogP contribution in [0.5, 0.6) is 11.5 Å². The molecule has 0 aliphatic heterocycles. The molecule has 6 nitrogen and oxygen atoms in total. The number of ether oxygens (including phenoxy) is 2. The molecule has 0 heterocycles. The molecule has 0 saturated heterocycles. The van der Waals surface area contributed by atoms with Crippen LogP contribution in [0.2, 0.25) is 0 Å². The van der Waals surface area contributed by atoms with Crippen LogP contribution in [0.25, 0.3) is 0 Å². The van der Waals surface area contributed by atoms with Gasteiger partial charge in [0.2, 0.25) is 0 Å². The monoisotopic (exact) mass is 375 g/mol. The van der Waals surface area contributed by atoms with Crippen LogP contribution >= 0.6 is 0 Å². The Bertz CT molecular complexity index is 794. The van der Waals surface area contributed by atoms with Gasteiger partial charge in [0.25, 0.3) is 5.91 Å². The van der Waals surface area contributed by atoms with Gasteiger partial charge in [-0.1, -0.05) is 30.3 Å². The van der Waals surface area contributed by atoms with Crippen molar-refractivity contribution in [3.63, 3.8) is 0 Å². The molecule has 0 fully saturated rings. The van der Waals surface area contributed by atoms with Gasteiger partial charge in [-0.05, 0) is 30.5 Å². The fourth-order valence-corrected chi connectivity index (χ4v) is 2.79. The van der Waals surface area contributed by atoms with Gasteiger partial charge in [0.15, 0.2) is 11.5 Å². The zero-order valence-electron chi connectivity index (χ0n) is 15.2. The molecule has 0 saturated carbocycles. The lowest BCUT2D eigenvalue weighted by molar-refractivity contribution is -0.137. The molecule has 27 heavy (non-hydrogen) atoms. The SMILES string of the molecule is COc1ccc(F)c(C(=O)NC(CCC(=O)O)Cc2ccccc2)c1OC. The van der Waals surface area contributed by atoms with Crippen molar-refractivity contribution in [2.45, 2.75) is 25.3 Å². The maximum absolute atomic E-state index is 14.3. The van der Waals surface area contributed by atoms with Gasteiger partial charge in [0, 0.05) is 12.5 Å². The zero-order valence-corrected chi connectivity index (χ0v) is 15.2. The van der Waals surface area contributed by atoms with Crippen LogP contribution in [-0.4, -0.2) is 37.2 Å². The molecule has 2 aromatic carbocycles. The summed E-state index contributed by atoms with van der Waals surface area (Å²) < 4.78 is 24.6. The van der Waals surface area contributed by atoms with Crippen LogP contribution in [0.1, 0.15) is 28.8 Å². The average Bonchev–Trinajstić information content (AvgIpc) is 2.66. The Morgan fingerprint density at radius 2 is 1.81 bits per heavy atom. The third-order valence-electron chi connectivity index (χ3n) is 4.09. The number of aliphatic carboxylic acids is 1. The van der Waals surface area contributed by atoms with Crippen molar-refractivity contribution in [3.8, 4) is 11.5 Å². The summed E-state index contributed by atoms with van der Waals surface area (Å²) in [7, 11) is 2.71. The van der Waals surface area contributed by atoms with Crippen LogP contribution in [0, 0.1) is 5.82 Å². The van der Waals surface area contributed by atoms with Crippen LogP contribution in [-0.2, 0) is 11.2 Å². The van der Waals surface area contributed by atoms with Gasteiger partial charge in [-0.3, -0.25) is 9.59 Å². The molecule has 2 N–H and O–H groups in total. The second-order valence-corrected chi connectivity index (χ2v) is 5.95. The topological polar surface area (TPSA) is 84.9 Å². The van der Waals surface area contributed by atoms with E-state index < -0.39 is 23.7 Å². The van der Waals surface area contributed by atoms with Crippen molar-refractivity contribution >= 4 is 11.9 Å². The number of hydrogen-bond donors (Lipinski definition) is 2. The fraction of sp³-hybridized carbons (Fsp3) is 0.300. The smallest absolute Gasteiger partial charge is 0.303 e. The van der Waals surface area contributed by atoms with Crippen LogP contribution in [0.4, 0.5) is 4.39 Å². The van der Waals surface area contributed by atoms with Crippen molar-refractivity contribution in [3.05, 3.63) is 59.4 Å². The highest BCUT2D eigenvalue weighted by Gasteiger charge is 2.24. The maximum Gasteiger partial charge on any atom is 0.303 e. The number of benzene rings is 2. The minimum atomic E-state index is -0.965. The van der Waals surface area contributed by atoms with Crippen molar-refractivity contribution in [2.24, 2.45) is 0 Å². The molecule has 0 radical (unpaired) electrons. The second-order valence-electron chi connectivity index (χ2n) is 5.95. The van der Waals surface area contributed by atoms with E-state index in [0.29, 0.717) is 6.42 Å². The summed E-state index contributed by atoms with van der Waals surface area (Å²) in [4.78, 5) is 23.7. The Hall–Kier alpha value is -3.09. The molecule has 1 unspecified atom stereocenters. The number of methoxy groups -OCH3 is 2. The molecule has 0 bridgehead atoms. The first kappa shape index (κ1) is 20.2. The fourth-order valence-electron chi connectivity index (χ4n) is 2.79. The highest BCUT2D eigenvalue weighted by molar-refractivity contribution is 5.98. The second kappa shape index (κ2) is 9.56. The molecule has 2 aromatic rings. The lowest BCUT2D eigenvalue weighted by atomic mass is 10.0. The van der Waals surface area contributed by atoms with Crippen LogP contribution < -0.4 is 14.8 Å². The largest absolute Gasteiger partial charge is 0.493 e. The zero-order chi connectivity index (χ0) is 19.8. The average molecular weight is 375 g/mol. The Morgan fingerprint density at radius 3 is 2.41 bits per heavy atom. The van der Waals surface area contributed by atoms with Gasteiger partial charge >= 0.3 is 5.97 Å². The van der Waals surface area contributed by atoms with Crippen LogP contribution in [0.3, 0.4) is 0 Å². The van der Waals surface area contributed by atoms with Gasteiger partial charge in [-0.25, -0.2) is 4.39 Å². The third-order valence-corrected chi connectivity index (χ3v) is 4.09. The Morgan fingerprint density at radius 1 is 1.11 bits per heavy atom. The van der Waals surface area contributed by atoms with E-state index in [1.54, 1.807) is 0 Å². The highest BCUT2D eigenvalue weighted by atomic mass is 19.1. The van der Waals surface area contributed by atoms with Crippen molar-refractivity contribution in [2.75, 3.05) is 14.2 Å². The van der Waals surface area contributed by atoms with E-state index in [2.05, 4.69) is 5.32 Å². The quantitative estimate of drug-likeness (QED) is 0.704. The van der Waals surface area contributed by atoms with Crippen LogP contribution in [0.15, 0.2) is 42.5 Å². The normalized spacial score (nSPS) is 11.5. The molecular weight excluding hydrogens is 353 g/mol. The Kier molecular flexibility index (Phi) is 7.16. The summed E-state index contributed by atoms with van der Waals surface area (Å²) in [5.74, 6) is -2.18. The summed E-state index contributed by atoms with van der Waals surface area (Å²) in [5, 5.41) is 11.7. The first-order valence-electron chi connectivity index (χ1n) is 8.43. The number of nitrogens with one attached hydrogen (secondary N) is 1. The highest BCUT2D eigenvalue weighted by Crippen LogP contribution is 2.32. The first-order valence-corrected chi connectivity index (χ1v) is 8.43. The number of amides is 1. The number of carboxylic acids is 1. The summed E-state index contributed by atoms with van der Waals surface area (Å²) in [6.45, 7) is 0. The van der Waals surface area contributed by atoms with Gasteiger partial charge in [0.1, 0.15) is 11.4 Å². The summed E-state index contributed by atoms with van der Waals surface area (Å²) in [6, 6.07) is 11.4. The number of carbonyl (C=O) groups is 2. The number of rotatable bonds is 9. The van der Waals surface area contributed by atoms with E-state index in [1.165, 1.54) is 20.3 Å². The van der Waals surface area contributed by atoms with Crippen molar-refractivity contribution < 1.29 is 28.6 Å². The van der Waals surface area contributed by atoms with Gasteiger partial charge < -0.3 is 19.9 Å². The Balaban J connectivity index is 2.25. The third kappa shape index (κ3) is 5.44. The minimum absolute atomic E-state index is 0.00769. The number of carboxylic acid groups (broad SMARTS) is 1. The van der Waals surface area contributed by atoms with E-state index in [1.807, 2.05) is 30.3 Å². The van der Waals surface area contributed by atoms with Crippen molar-refractivity contribution in [1.82, 2.24) is 5.32 Å². The van der Waals surface area contributed by atoms with Gasteiger partial charge in [0.05, 0.1) is 14.2 Å².